The fraction of sp³-hybridized carbons (Fsp3) is 0.179. The van der Waals surface area contributed by atoms with Gasteiger partial charge in [-0.25, -0.2) is 0 Å². The Kier molecular flexibility index (Phi) is 6.70. The first-order valence-electron chi connectivity index (χ1n) is 15.2. The van der Waals surface area contributed by atoms with E-state index < -0.39 is 0 Å². The summed E-state index contributed by atoms with van der Waals surface area (Å²) in [5, 5.41) is 0. The third kappa shape index (κ3) is 4.28. The Balaban J connectivity index is 1.52. The highest BCUT2D eigenvalue weighted by Crippen LogP contribution is 2.53. The molecule has 0 saturated carbocycles. The molecule has 5 aromatic carbocycles. The van der Waals surface area contributed by atoms with Crippen LogP contribution in [-0.2, 0) is 18.3 Å². The number of rotatable bonds is 6. The van der Waals surface area contributed by atoms with E-state index in [0.717, 1.165) is 35.2 Å². The van der Waals surface area contributed by atoms with E-state index in [-0.39, 0.29) is 5.41 Å². The highest BCUT2D eigenvalue weighted by atomic mass is 15.2. The largest absolute Gasteiger partial charge is 0.308 e. The van der Waals surface area contributed by atoms with Gasteiger partial charge >= 0.3 is 0 Å². The third-order valence-electron chi connectivity index (χ3n) is 8.93. The summed E-state index contributed by atoms with van der Waals surface area (Å²) in [6, 6.07) is 39.4. The smallest absolute Gasteiger partial charge is 0.115 e. The normalized spacial score (nSPS) is 13.4. The minimum atomic E-state index is -0.129. The molecule has 0 radical (unpaired) electrons. The van der Waals surface area contributed by atoms with Crippen LogP contribution in [0.25, 0.3) is 11.0 Å². The summed E-state index contributed by atoms with van der Waals surface area (Å²) in [6.07, 6.45) is 5.48. The Morgan fingerprint density at radius 3 is 1.58 bits per heavy atom. The second-order valence-electron chi connectivity index (χ2n) is 11.7. The zero-order valence-electron chi connectivity index (χ0n) is 25.3. The lowest BCUT2D eigenvalue weighted by molar-refractivity contribution is 0.632. The van der Waals surface area contributed by atoms with Crippen LogP contribution in [0.3, 0.4) is 0 Å². The lowest BCUT2D eigenvalue weighted by Gasteiger charge is -2.42. The van der Waals surface area contributed by atoms with Crippen molar-refractivity contribution in [1.29, 1.82) is 0 Å². The van der Waals surface area contributed by atoms with Crippen LogP contribution in [0.4, 0.5) is 34.1 Å². The van der Waals surface area contributed by atoms with Gasteiger partial charge in [-0.05, 0) is 71.5 Å². The summed E-state index contributed by atoms with van der Waals surface area (Å²) in [5.74, 6) is 0. The van der Waals surface area contributed by atoms with E-state index in [2.05, 4.69) is 147 Å². The lowest BCUT2D eigenvalue weighted by atomic mass is 9.73. The first-order valence-corrected chi connectivity index (χ1v) is 15.2. The third-order valence-corrected chi connectivity index (χ3v) is 8.93. The molecule has 0 amide bonds. The van der Waals surface area contributed by atoms with E-state index >= 15 is 0 Å². The average Bonchev–Trinajstić information content (AvgIpc) is 3.06. The maximum absolute atomic E-state index is 5.03. The molecule has 212 valence electrons. The van der Waals surface area contributed by atoms with Crippen LogP contribution in [-0.4, -0.2) is 9.97 Å². The summed E-state index contributed by atoms with van der Waals surface area (Å²) in [6.45, 7) is 9.07. The molecule has 6 aromatic rings. The molecule has 0 aliphatic carbocycles. The predicted molar refractivity (Wildman–Crippen MR) is 180 cm³/mol. The van der Waals surface area contributed by atoms with E-state index in [4.69, 9.17) is 9.97 Å². The van der Waals surface area contributed by atoms with E-state index in [9.17, 15) is 0 Å². The number of anilines is 6. The molecule has 1 aliphatic heterocycles. The predicted octanol–water partition coefficient (Wildman–Crippen LogP) is 10.3. The summed E-state index contributed by atoms with van der Waals surface area (Å²) in [7, 11) is 0. The molecule has 0 saturated heterocycles. The lowest BCUT2D eigenvalue weighted by Crippen LogP contribution is -2.30. The molecule has 2 heterocycles. The summed E-state index contributed by atoms with van der Waals surface area (Å²) < 4.78 is 0. The maximum atomic E-state index is 5.03. The van der Waals surface area contributed by atoms with Crippen molar-refractivity contribution < 1.29 is 0 Å². The molecular formula is C39H36N4. The zero-order valence-corrected chi connectivity index (χ0v) is 25.3. The number of para-hydroxylation sites is 4. The van der Waals surface area contributed by atoms with E-state index in [1.807, 2.05) is 12.4 Å². The van der Waals surface area contributed by atoms with Crippen molar-refractivity contribution in [1.82, 2.24) is 9.97 Å². The highest BCUT2D eigenvalue weighted by Gasteiger charge is 2.37. The fourth-order valence-corrected chi connectivity index (χ4v) is 6.76. The molecule has 0 fully saturated rings. The standard InChI is InChI=1S/C39H36N4/c1-5-27-15-7-11-19-31(27)42(32-20-12-8-16-28(32)6-2)35-23-24-36(38-37(35)40-25-26-41-38)43-33-21-13-9-17-29(33)39(3,4)30-18-10-14-22-34(30)43/h7-26H,5-6H2,1-4H3. The van der Waals surface area contributed by atoms with Gasteiger partial charge in [0.2, 0.25) is 0 Å². The van der Waals surface area contributed by atoms with E-state index in [1.54, 1.807) is 0 Å². The Labute approximate surface area is 254 Å². The monoisotopic (exact) mass is 560 g/mol. The zero-order chi connectivity index (χ0) is 29.6. The van der Waals surface area contributed by atoms with Gasteiger partial charge in [-0.15, -0.1) is 0 Å². The molecule has 0 spiro atoms. The van der Waals surface area contributed by atoms with Gasteiger partial charge in [0.15, 0.2) is 0 Å². The van der Waals surface area contributed by atoms with Gasteiger partial charge in [-0.1, -0.05) is 100 Å². The molecule has 0 N–H and O–H groups in total. The second-order valence-corrected chi connectivity index (χ2v) is 11.7. The van der Waals surface area contributed by atoms with Crippen molar-refractivity contribution in [3.8, 4) is 0 Å². The van der Waals surface area contributed by atoms with Crippen molar-refractivity contribution in [3.05, 3.63) is 144 Å². The maximum Gasteiger partial charge on any atom is 0.115 e. The van der Waals surface area contributed by atoms with Crippen LogP contribution in [0.5, 0.6) is 0 Å². The summed E-state index contributed by atoms with van der Waals surface area (Å²) >= 11 is 0. The topological polar surface area (TPSA) is 32.3 Å². The number of aryl methyl sites for hydroxylation is 2. The molecular weight excluding hydrogens is 524 g/mol. The van der Waals surface area contributed by atoms with Crippen molar-refractivity contribution in [3.63, 3.8) is 0 Å². The summed E-state index contributed by atoms with van der Waals surface area (Å²) in [4.78, 5) is 14.8. The van der Waals surface area contributed by atoms with Gasteiger partial charge in [0.25, 0.3) is 0 Å². The van der Waals surface area contributed by atoms with Gasteiger partial charge in [0, 0.05) is 29.2 Å². The highest BCUT2D eigenvalue weighted by molar-refractivity contribution is 6.04. The number of aromatic nitrogens is 2. The molecule has 1 aliphatic rings. The van der Waals surface area contributed by atoms with Crippen LogP contribution in [0.2, 0.25) is 0 Å². The minimum Gasteiger partial charge on any atom is -0.308 e. The van der Waals surface area contributed by atoms with Crippen molar-refractivity contribution in [2.24, 2.45) is 0 Å². The van der Waals surface area contributed by atoms with Gasteiger partial charge < -0.3 is 9.80 Å². The number of fused-ring (bicyclic) bond motifs is 3. The number of nitrogens with zero attached hydrogens (tertiary/aromatic N) is 4. The molecule has 43 heavy (non-hydrogen) atoms. The van der Waals surface area contributed by atoms with Crippen LogP contribution < -0.4 is 9.80 Å². The summed E-state index contributed by atoms with van der Waals surface area (Å²) in [5.41, 5.74) is 13.5. The quantitative estimate of drug-likeness (QED) is 0.203. The molecule has 4 nitrogen and oxygen atoms in total. The Bertz CT molecular complexity index is 1860. The molecule has 4 heteroatoms. The van der Waals surface area contributed by atoms with Crippen molar-refractivity contribution >= 4 is 45.2 Å². The fourth-order valence-electron chi connectivity index (χ4n) is 6.76. The van der Waals surface area contributed by atoms with Crippen LogP contribution in [0.15, 0.2) is 122 Å². The molecule has 7 rings (SSSR count). The Morgan fingerprint density at radius 2 is 1.02 bits per heavy atom. The Hall–Kier alpha value is -4.96. The first-order chi connectivity index (χ1) is 21.0. The second kappa shape index (κ2) is 10.7. The first kappa shape index (κ1) is 26.9. The number of benzene rings is 5. The SMILES string of the molecule is CCc1ccccc1N(c1ccccc1CC)c1ccc(N2c3ccccc3C(C)(C)c3ccccc32)c2nccnc12. The number of hydrogen-bond donors (Lipinski definition) is 0. The van der Waals surface area contributed by atoms with Gasteiger partial charge in [-0.3, -0.25) is 9.97 Å². The average molecular weight is 561 g/mol. The number of hydrogen-bond acceptors (Lipinski definition) is 4. The van der Waals surface area contributed by atoms with Gasteiger partial charge in [0.1, 0.15) is 11.0 Å². The van der Waals surface area contributed by atoms with E-state index in [0.29, 0.717) is 0 Å². The van der Waals surface area contributed by atoms with Crippen LogP contribution >= 0.6 is 0 Å². The van der Waals surface area contributed by atoms with Crippen LogP contribution in [0.1, 0.15) is 49.9 Å². The Morgan fingerprint density at radius 1 is 0.535 bits per heavy atom. The molecule has 0 bridgehead atoms. The van der Waals surface area contributed by atoms with Gasteiger partial charge in [0.05, 0.1) is 22.7 Å². The molecule has 0 unspecified atom stereocenters. The molecule has 0 atom stereocenters. The van der Waals surface area contributed by atoms with Gasteiger partial charge in [-0.2, -0.15) is 0 Å². The van der Waals surface area contributed by atoms with Crippen molar-refractivity contribution in [2.45, 2.75) is 46.0 Å². The van der Waals surface area contributed by atoms with Crippen molar-refractivity contribution in [2.75, 3.05) is 9.80 Å². The minimum absolute atomic E-state index is 0.129. The van der Waals surface area contributed by atoms with Crippen LogP contribution in [0, 0.1) is 0 Å². The molecule has 1 aromatic heterocycles. The van der Waals surface area contributed by atoms with E-state index in [1.165, 1.54) is 45.0 Å².